The molecule has 0 aliphatic heterocycles. The van der Waals surface area contributed by atoms with Crippen LogP contribution in [0.15, 0.2) is 0 Å². The normalized spacial score (nSPS) is 19.2. The lowest BCUT2D eigenvalue weighted by Crippen LogP contribution is -2.36. The van der Waals surface area contributed by atoms with E-state index in [2.05, 4.69) is 0 Å². The van der Waals surface area contributed by atoms with Gasteiger partial charge in [-0.05, 0) is 52.9 Å². The van der Waals surface area contributed by atoms with Gasteiger partial charge in [-0.3, -0.25) is 9.59 Å². The molecule has 122 valence electrons. The molecule has 0 aromatic carbocycles. The predicted molar refractivity (Wildman–Crippen MR) is 82.4 cm³/mol. The Bertz CT molecular complexity index is 367. The highest BCUT2D eigenvalue weighted by atomic mass is 35.5. The molecule has 0 radical (unpaired) electrons. The van der Waals surface area contributed by atoms with E-state index in [4.69, 9.17) is 16.3 Å². The first-order valence-corrected chi connectivity index (χ1v) is 8.26. The Labute approximate surface area is 132 Å². The second kappa shape index (κ2) is 7.48. The van der Waals surface area contributed by atoms with Gasteiger partial charge >= 0.3 is 11.9 Å². The van der Waals surface area contributed by atoms with Gasteiger partial charge in [-0.25, -0.2) is 0 Å². The van der Waals surface area contributed by atoms with E-state index in [9.17, 15) is 14.7 Å². The summed E-state index contributed by atoms with van der Waals surface area (Å²) in [6.07, 6.45) is 4.81. The van der Waals surface area contributed by atoms with E-state index >= 15 is 0 Å². The van der Waals surface area contributed by atoms with Gasteiger partial charge in [-0.15, -0.1) is 11.6 Å². The molecule has 1 aliphatic rings. The fourth-order valence-electron chi connectivity index (χ4n) is 3.04. The Morgan fingerprint density at radius 3 is 2.29 bits per heavy atom. The summed E-state index contributed by atoms with van der Waals surface area (Å²) in [7, 11) is 0. The van der Waals surface area contributed by atoms with E-state index in [0.717, 1.165) is 12.8 Å². The quantitative estimate of drug-likeness (QED) is 0.569. The van der Waals surface area contributed by atoms with Crippen LogP contribution in [-0.2, 0) is 14.3 Å². The molecule has 1 rings (SSSR count). The molecular formula is C16H27ClO4. The van der Waals surface area contributed by atoms with Gasteiger partial charge in [0.2, 0.25) is 0 Å². The Morgan fingerprint density at radius 2 is 1.86 bits per heavy atom. The lowest BCUT2D eigenvalue weighted by molar-refractivity contribution is -0.163. The van der Waals surface area contributed by atoms with E-state index < -0.39 is 17.0 Å². The van der Waals surface area contributed by atoms with Crippen LogP contribution in [0.5, 0.6) is 0 Å². The minimum absolute atomic E-state index is 0.292. The first-order valence-electron chi connectivity index (χ1n) is 7.72. The molecule has 1 saturated carbocycles. The second-order valence-electron chi connectivity index (χ2n) is 7.06. The monoisotopic (exact) mass is 318 g/mol. The zero-order valence-electron chi connectivity index (χ0n) is 13.3. The van der Waals surface area contributed by atoms with Crippen molar-refractivity contribution in [3.05, 3.63) is 0 Å². The fraction of sp³-hybridized carbons (Fsp3) is 0.875. The lowest BCUT2D eigenvalue weighted by atomic mass is 9.76. The number of carbonyl (C=O) groups is 2. The minimum Gasteiger partial charge on any atom is -0.481 e. The van der Waals surface area contributed by atoms with Crippen LogP contribution in [0.3, 0.4) is 0 Å². The number of esters is 1. The molecule has 0 bridgehead atoms. The van der Waals surface area contributed by atoms with E-state index in [1.54, 1.807) is 0 Å². The molecule has 1 atom stereocenters. The third kappa shape index (κ3) is 5.50. The number of ether oxygens (including phenoxy) is 1. The molecule has 1 unspecified atom stereocenters. The molecule has 1 aliphatic carbocycles. The van der Waals surface area contributed by atoms with E-state index in [0.29, 0.717) is 38.0 Å². The summed E-state index contributed by atoms with van der Waals surface area (Å²) < 4.78 is 5.46. The lowest BCUT2D eigenvalue weighted by Gasteiger charge is -2.30. The molecule has 0 aromatic rings. The van der Waals surface area contributed by atoms with Crippen molar-refractivity contribution in [3.63, 3.8) is 0 Å². The topological polar surface area (TPSA) is 63.6 Å². The maximum atomic E-state index is 12.4. The summed E-state index contributed by atoms with van der Waals surface area (Å²) in [6.45, 7) is 5.48. The van der Waals surface area contributed by atoms with Gasteiger partial charge in [-0.2, -0.15) is 0 Å². The molecule has 0 saturated heterocycles. The zero-order chi connectivity index (χ0) is 16.1. The van der Waals surface area contributed by atoms with Crippen molar-refractivity contribution in [2.45, 2.75) is 71.3 Å². The molecule has 0 aromatic heterocycles. The van der Waals surface area contributed by atoms with Crippen LogP contribution in [0.4, 0.5) is 0 Å². The molecule has 0 heterocycles. The Hall–Kier alpha value is -0.770. The summed E-state index contributed by atoms with van der Waals surface area (Å²) in [5.41, 5.74) is -1.31. The van der Waals surface area contributed by atoms with Gasteiger partial charge in [0.25, 0.3) is 0 Å². The van der Waals surface area contributed by atoms with Gasteiger partial charge < -0.3 is 9.84 Å². The van der Waals surface area contributed by atoms with Crippen LogP contribution in [0.25, 0.3) is 0 Å². The summed E-state index contributed by atoms with van der Waals surface area (Å²) in [4.78, 5) is 24.0. The number of carboxylic acid groups (broad SMARTS) is 1. The van der Waals surface area contributed by atoms with Crippen molar-refractivity contribution in [2.24, 2.45) is 11.3 Å². The molecule has 4 nitrogen and oxygen atoms in total. The highest BCUT2D eigenvalue weighted by Crippen LogP contribution is 2.44. The van der Waals surface area contributed by atoms with Crippen molar-refractivity contribution >= 4 is 23.5 Å². The highest BCUT2D eigenvalue weighted by molar-refractivity contribution is 6.17. The fourth-order valence-corrected chi connectivity index (χ4v) is 3.19. The SMILES string of the molecule is CC(C)(C)OC(=O)C(CCCCl)CC1(C(=O)O)CCCC1. The summed E-state index contributed by atoms with van der Waals surface area (Å²) in [6, 6.07) is 0. The van der Waals surface area contributed by atoms with Gasteiger partial charge in [0, 0.05) is 5.88 Å². The van der Waals surface area contributed by atoms with Crippen LogP contribution >= 0.6 is 11.6 Å². The van der Waals surface area contributed by atoms with Crippen molar-refractivity contribution in [1.82, 2.24) is 0 Å². The maximum Gasteiger partial charge on any atom is 0.309 e. The van der Waals surface area contributed by atoms with Crippen LogP contribution in [0, 0.1) is 11.3 Å². The van der Waals surface area contributed by atoms with E-state index in [1.807, 2.05) is 20.8 Å². The average Bonchev–Trinajstić information content (AvgIpc) is 2.82. The number of hydrogen-bond donors (Lipinski definition) is 1. The van der Waals surface area contributed by atoms with Crippen molar-refractivity contribution in [3.8, 4) is 0 Å². The number of aliphatic carboxylic acids is 1. The third-order valence-corrected chi connectivity index (χ3v) is 4.35. The molecule has 5 heteroatoms. The number of hydrogen-bond acceptors (Lipinski definition) is 3. The Morgan fingerprint density at radius 1 is 1.29 bits per heavy atom. The first kappa shape index (κ1) is 18.3. The summed E-state index contributed by atoms with van der Waals surface area (Å²) >= 11 is 5.73. The van der Waals surface area contributed by atoms with Crippen molar-refractivity contribution in [2.75, 3.05) is 5.88 Å². The standard InChI is InChI=1S/C16H27ClO4/c1-15(2,3)21-13(18)12(7-6-10-17)11-16(14(19)20)8-4-5-9-16/h12H,4-11H2,1-3H3,(H,19,20). The van der Waals surface area contributed by atoms with Crippen LogP contribution < -0.4 is 0 Å². The van der Waals surface area contributed by atoms with E-state index in [1.165, 1.54) is 0 Å². The van der Waals surface area contributed by atoms with Crippen molar-refractivity contribution < 1.29 is 19.4 Å². The van der Waals surface area contributed by atoms with Gasteiger partial charge in [0.05, 0.1) is 11.3 Å². The maximum absolute atomic E-state index is 12.4. The summed E-state index contributed by atoms with van der Waals surface area (Å²) in [5.74, 6) is -0.976. The van der Waals surface area contributed by atoms with Crippen LogP contribution in [0.2, 0.25) is 0 Å². The molecule has 0 amide bonds. The largest absolute Gasteiger partial charge is 0.481 e. The molecular weight excluding hydrogens is 292 g/mol. The van der Waals surface area contributed by atoms with Gasteiger partial charge in [0.1, 0.15) is 5.60 Å². The predicted octanol–water partition coefficient (Wildman–Crippen LogP) is 4.00. The number of carboxylic acids is 1. The highest BCUT2D eigenvalue weighted by Gasteiger charge is 2.44. The average molecular weight is 319 g/mol. The number of carbonyl (C=O) groups excluding carboxylic acids is 1. The smallest absolute Gasteiger partial charge is 0.309 e. The Kier molecular flexibility index (Phi) is 6.51. The molecule has 21 heavy (non-hydrogen) atoms. The summed E-state index contributed by atoms with van der Waals surface area (Å²) in [5, 5.41) is 9.57. The third-order valence-electron chi connectivity index (χ3n) is 4.08. The van der Waals surface area contributed by atoms with Gasteiger partial charge in [-0.1, -0.05) is 12.8 Å². The number of alkyl halides is 1. The molecule has 1 N–H and O–H groups in total. The Balaban J connectivity index is 2.81. The van der Waals surface area contributed by atoms with Crippen LogP contribution in [0.1, 0.15) is 65.7 Å². The van der Waals surface area contributed by atoms with E-state index in [-0.39, 0.29) is 11.9 Å². The minimum atomic E-state index is -0.778. The number of rotatable bonds is 7. The molecule has 1 fully saturated rings. The first-order chi connectivity index (χ1) is 9.70. The number of halogens is 1. The van der Waals surface area contributed by atoms with Gasteiger partial charge in [0.15, 0.2) is 0 Å². The van der Waals surface area contributed by atoms with Crippen molar-refractivity contribution in [1.29, 1.82) is 0 Å². The second-order valence-corrected chi connectivity index (χ2v) is 7.44. The van der Waals surface area contributed by atoms with Crippen LogP contribution in [-0.4, -0.2) is 28.5 Å². The zero-order valence-corrected chi connectivity index (χ0v) is 14.0. The molecule has 0 spiro atoms.